The van der Waals surface area contributed by atoms with Gasteiger partial charge in [0.15, 0.2) is 0 Å². The Labute approximate surface area is 165 Å². The van der Waals surface area contributed by atoms with E-state index in [-0.39, 0.29) is 17.2 Å². The number of anilines is 1. The van der Waals surface area contributed by atoms with E-state index in [1.54, 1.807) is 37.5 Å². The second kappa shape index (κ2) is 8.20. The number of ether oxygens (including phenoxy) is 2. The summed E-state index contributed by atoms with van der Waals surface area (Å²) in [4.78, 5) is 26.4. The van der Waals surface area contributed by atoms with Crippen LogP contribution in [0.15, 0.2) is 49.1 Å². The Kier molecular flexibility index (Phi) is 5.73. The quantitative estimate of drug-likeness (QED) is 0.632. The first-order valence-corrected chi connectivity index (χ1v) is 8.47. The molecule has 9 heteroatoms. The molecule has 0 saturated carbocycles. The number of hydrogen-bond acceptors (Lipinski definition) is 6. The number of rotatable bonds is 5. The maximum absolute atomic E-state index is 13.0. The summed E-state index contributed by atoms with van der Waals surface area (Å²) in [6.45, 7) is 0. The lowest BCUT2D eigenvalue weighted by Crippen LogP contribution is -2.27. The number of carbonyl (C=O) groups excluding carboxylic acids is 1. The zero-order valence-corrected chi connectivity index (χ0v) is 15.9. The summed E-state index contributed by atoms with van der Waals surface area (Å²) in [6, 6.07) is 8.17. The van der Waals surface area contributed by atoms with Crippen LogP contribution in [-0.4, -0.2) is 35.0 Å². The zero-order chi connectivity index (χ0) is 19.4. The van der Waals surface area contributed by atoms with Crippen molar-refractivity contribution in [3.63, 3.8) is 0 Å². The number of nitrogens with zero attached hydrogens (tertiary/aromatic N) is 4. The van der Waals surface area contributed by atoms with Crippen molar-refractivity contribution in [2.75, 3.05) is 19.1 Å². The van der Waals surface area contributed by atoms with E-state index in [0.717, 1.165) is 0 Å². The topological polar surface area (TPSA) is 77.4 Å². The van der Waals surface area contributed by atoms with Crippen LogP contribution in [0.25, 0.3) is 0 Å². The highest BCUT2D eigenvalue weighted by Crippen LogP contribution is 2.33. The van der Waals surface area contributed by atoms with Crippen molar-refractivity contribution in [1.29, 1.82) is 0 Å². The highest BCUT2D eigenvalue weighted by molar-refractivity contribution is 6.34. The van der Waals surface area contributed by atoms with Gasteiger partial charge in [-0.15, -0.1) is 0 Å². The van der Waals surface area contributed by atoms with Gasteiger partial charge in [0.05, 0.1) is 12.1 Å². The monoisotopic (exact) mass is 404 g/mol. The van der Waals surface area contributed by atoms with Gasteiger partial charge < -0.3 is 14.4 Å². The third kappa shape index (κ3) is 4.10. The minimum atomic E-state index is -0.407. The molecule has 0 unspecified atom stereocenters. The van der Waals surface area contributed by atoms with Crippen LogP contribution >= 0.6 is 23.2 Å². The lowest BCUT2D eigenvalue weighted by atomic mass is 10.2. The third-order valence-electron chi connectivity index (χ3n) is 3.62. The maximum Gasteiger partial charge on any atom is 0.265 e. The molecule has 0 N–H and O–H groups in total. The van der Waals surface area contributed by atoms with E-state index in [0.29, 0.717) is 21.6 Å². The molecule has 0 aliphatic rings. The Morgan fingerprint density at radius 1 is 1.15 bits per heavy atom. The van der Waals surface area contributed by atoms with Crippen LogP contribution < -0.4 is 14.4 Å². The molecule has 138 valence electrons. The van der Waals surface area contributed by atoms with Crippen LogP contribution in [0.3, 0.4) is 0 Å². The molecular formula is C18H14Cl2N4O3. The van der Waals surface area contributed by atoms with E-state index < -0.39 is 5.91 Å². The number of pyridine rings is 1. The van der Waals surface area contributed by atoms with Gasteiger partial charge in [0.2, 0.25) is 11.8 Å². The first kappa shape index (κ1) is 18.9. The molecular weight excluding hydrogens is 391 g/mol. The normalized spacial score (nSPS) is 10.4. The molecule has 27 heavy (non-hydrogen) atoms. The molecule has 0 saturated heterocycles. The van der Waals surface area contributed by atoms with Crippen molar-refractivity contribution < 1.29 is 14.3 Å². The summed E-state index contributed by atoms with van der Waals surface area (Å²) in [7, 11) is 3.07. The van der Waals surface area contributed by atoms with Gasteiger partial charge in [0.25, 0.3) is 5.91 Å². The Hall–Kier alpha value is -2.90. The largest absolute Gasteiger partial charge is 0.480 e. The highest BCUT2D eigenvalue weighted by Gasteiger charge is 2.23. The van der Waals surface area contributed by atoms with Gasteiger partial charge in [-0.3, -0.25) is 4.79 Å². The molecule has 3 rings (SSSR count). The number of carbonyl (C=O) groups is 1. The summed E-state index contributed by atoms with van der Waals surface area (Å²) in [5.41, 5.74) is 0.627. The van der Waals surface area contributed by atoms with Crippen molar-refractivity contribution in [1.82, 2.24) is 15.0 Å². The highest BCUT2D eigenvalue weighted by atomic mass is 35.5. The van der Waals surface area contributed by atoms with Crippen LogP contribution in [0.5, 0.6) is 17.5 Å². The zero-order valence-electron chi connectivity index (χ0n) is 14.4. The second-order valence-corrected chi connectivity index (χ2v) is 6.16. The Morgan fingerprint density at radius 2 is 1.96 bits per heavy atom. The van der Waals surface area contributed by atoms with E-state index in [9.17, 15) is 4.79 Å². The van der Waals surface area contributed by atoms with Crippen LogP contribution in [0.4, 0.5) is 5.69 Å². The van der Waals surface area contributed by atoms with Crippen LogP contribution in [0.2, 0.25) is 10.0 Å². The van der Waals surface area contributed by atoms with Crippen LogP contribution in [0.1, 0.15) is 10.4 Å². The number of methoxy groups -OCH3 is 1. The number of halogens is 2. The molecule has 0 bridgehead atoms. The standard InChI is InChI=1S/C18H14Cl2N4O3/c1-24(14-4-3-7-22-17(14)26-2)18(25)12-9-21-10-23-16(12)27-15-8-11(19)5-6-13(15)20/h3-10H,1-2H3. The lowest BCUT2D eigenvalue weighted by Gasteiger charge is -2.20. The van der Waals surface area contributed by atoms with Crippen molar-refractivity contribution in [2.45, 2.75) is 0 Å². The SMILES string of the molecule is COc1ncccc1N(C)C(=O)c1cncnc1Oc1cc(Cl)ccc1Cl. The Morgan fingerprint density at radius 3 is 2.74 bits per heavy atom. The molecule has 0 fully saturated rings. The molecule has 2 heterocycles. The molecule has 0 aliphatic heterocycles. The fraction of sp³-hybridized carbons (Fsp3) is 0.111. The Balaban J connectivity index is 1.95. The van der Waals surface area contributed by atoms with Gasteiger partial charge in [-0.1, -0.05) is 23.2 Å². The van der Waals surface area contributed by atoms with E-state index >= 15 is 0 Å². The van der Waals surface area contributed by atoms with Crippen molar-refractivity contribution in [2.24, 2.45) is 0 Å². The van der Waals surface area contributed by atoms with E-state index in [2.05, 4.69) is 15.0 Å². The van der Waals surface area contributed by atoms with Gasteiger partial charge in [0, 0.05) is 30.5 Å². The summed E-state index contributed by atoms with van der Waals surface area (Å²) >= 11 is 12.1. The van der Waals surface area contributed by atoms with Gasteiger partial charge >= 0.3 is 0 Å². The molecule has 3 aromatic rings. The Bertz CT molecular complexity index is 984. The van der Waals surface area contributed by atoms with Crippen molar-refractivity contribution >= 4 is 34.8 Å². The molecule has 7 nitrogen and oxygen atoms in total. The van der Waals surface area contributed by atoms with Crippen LogP contribution in [-0.2, 0) is 0 Å². The summed E-state index contributed by atoms with van der Waals surface area (Å²) < 4.78 is 10.9. The number of amides is 1. The predicted molar refractivity (Wildman–Crippen MR) is 102 cm³/mol. The second-order valence-electron chi connectivity index (χ2n) is 5.31. The molecule has 1 aromatic carbocycles. The summed E-state index contributed by atoms with van der Waals surface area (Å²) in [6.07, 6.45) is 4.21. The lowest BCUT2D eigenvalue weighted by molar-refractivity contribution is 0.0989. The third-order valence-corrected chi connectivity index (χ3v) is 4.16. The average molecular weight is 405 g/mol. The predicted octanol–water partition coefficient (Wildman–Crippen LogP) is 4.26. The number of aromatic nitrogens is 3. The smallest absolute Gasteiger partial charge is 0.265 e. The summed E-state index contributed by atoms with van der Waals surface area (Å²) in [5, 5.41) is 0.771. The maximum atomic E-state index is 13.0. The molecule has 1 amide bonds. The van der Waals surface area contributed by atoms with Crippen molar-refractivity contribution in [3.05, 3.63) is 64.7 Å². The molecule has 2 aromatic heterocycles. The molecule has 0 atom stereocenters. The fourth-order valence-corrected chi connectivity index (χ4v) is 2.61. The molecule has 0 radical (unpaired) electrons. The van der Waals surface area contributed by atoms with Crippen LogP contribution in [0, 0.1) is 0 Å². The molecule has 0 aliphatic carbocycles. The molecule has 0 spiro atoms. The van der Waals surface area contributed by atoms with Gasteiger partial charge in [-0.2, -0.15) is 0 Å². The van der Waals surface area contributed by atoms with E-state index in [1.807, 2.05) is 0 Å². The van der Waals surface area contributed by atoms with Gasteiger partial charge in [0.1, 0.15) is 23.3 Å². The van der Waals surface area contributed by atoms with E-state index in [4.69, 9.17) is 32.7 Å². The minimum absolute atomic E-state index is 0.0499. The van der Waals surface area contributed by atoms with Crippen molar-refractivity contribution in [3.8, 4) is 17.5 Å². The fourth-order valence-electron chi connectivity index (χ4n) is 2.29. The average Bonchev–Trinajstić information content (AvgIpc) is 2.70. The first-order chi connectivity index (χ1) is 13.0. The minimum Gasteiger partial charge on any atom is -0.480 e. The first-order valence-electron chi connectivity index (χ1n) is 7.71. The number of benzene rings is 1. The van der Waals surface area contributed by atoms with E-state index in [1.165, 1.54) is 30.6 Å². The van der Waals surface area contributed by atoms with Gasteiger partial charge in [-0.05, 0) is 24.3 Å². The number of hydrogen-bond donors (Lipinski definition) is 0. The summed E-state index contributed by atoms with van der Waals surface area (Å²) in [5.74, 6) is 0.230. The van der Waals surface area contributed by atoms with Gasteiger partial charge in [-0.25, -0.2) is 15.0 Å².